The lowest BCUT2D eigenvalue weighted by Gasteiger charge is -2.36. The average Bonchev–Trinajstić information content (AvgIpc) is 2.38. The van der Waals surface area contributed by atoms with E-state index in [2.05, 4.69) is 16.7 Å². The first-order valence-electron chi connectivity index (χ1n) is 6.32. The molecule has 0 saturated carbocycles. The van der Waals surface area contributed by atoms with E-state index in [9.17, 15) is 4.39 Å². The third kappa shape index (κ3) is 3.19. The minimum absolute atomic E-state index is 0.112. The maximum atomic E-state index is 13.6. The molecule has 0 unspecified atom stereocenters. The molecule has 0 amide bonds. The van der Waals surface area contributed by atoms with Crippen molar-refractivity contribution in [3.8, 4) is 0 Å². The monoisotopic (exact) mass is 235 g/mol. The molecule has 0 aliphatic carbocycles. The molecule has 17 heavy (non-hydrogen) atoms. The second-order valence-corrected chi connectivity index (χ2v) is 4.49. The number of anilines is 1. The molecule has 1 radical (unpaired) electrons. The molecule has 2 nitrogen and oxygen atoms in total. The Labute approximate surface area is 103 Å². The molecular formula is C14H20FN2. The highest BCUT2D eigenvalue weighted by molar-refractivity contribution is 5.47. The number of nitrogens with zero attached hydrogens (tertiary/aromatic N) is 2. The van der Waals surface area contributed by atoms with E-state index in [1.165, 1.54) is 6.07 Å². The maximum absolute atomic E-state index is 13.6. The van der Waals surface area contributed by atoms with Gasteiger partial charge < -0.3 is 4.90 Å². The van der Waals surface area contributed by atoms with Crippen molar-refractivity contribution in [1.29, 1.82) is 0 Å². The van der Waals surface area contributed by atoms with E-state index in [0.29, 0.717) is 0 Å². The molecule has 1 aromatic rings. The SMILES string of the molecule is [CH2]CCCN1CCN(c2ccccc2F)CC1. The van der Waals surface area contributed by atoms with Gasteiger partial charge in [-0.3, -0.25) is 4.90 Å². The van der Waals surface area contributed by atoms with E-state index >= 15 is 0 Å². The van der Waals surface area contributed by atoms with Crippen molar-refractivity contribution in [1.82, 2.24) is 4.90 Å². The van der Waals surface area contributed by atoms with Crippen molar-refractivity contribution in [2.24, 2.45) is 0 Å². The lowest BCUT2D eigenvalue weighted by atomic mass is 10.2. The van der Waals surface area contributed by atoms with Crippen LogP contribution in [0.25, 0.3) is 0 Å². The zero-order chi connectivity index (χ0) is 12.1. The number of piperazine rings is 1. The Morgan fingerprint density at radius 1 is 1.12 bits per heavy atom. The number of rotatable bonds is 4. The van der Waals surface area contributed by atoms with Crippen LogP contribution in [0.5, 0.6) is 0 Å². The van der Waals surface area contributed by atoms with Gasteiger partial charge in [0.1, 0.15) is 5.82 Å². The molecule has 1 fully saturated rings. The van der Waals surface area contributed by atoms with Crippen LogP contribution in [-0.2, 0) is 0 Å². The number of hydrogen-bond donors (Lipinski definition) is 0. The maximum Gasteiger partial charge on any atom is 0.146 e. The first kappa shape index (κ1) is 12.4. The molecule has 1 aliphatic heterocycles. The third-order valence-electron chi connectivity index (χ3n) is 3.29. The predicted molar refractivity (Wildman–Crippen MR) is 69.6 cm³/mol. The van der Waals surface area contributed by atoms with Gasteiger partial charge in [-0.15, -0.1) is 0 Å². The fourth-order valence-electron chi connectivity index (χ4n) is 2.26. The summed E-state index contributed by atoms with van der Waals surface area (Å²) in [5.41, 5.74) is 0.740. The van der Waals surface area contributed by atoms with Gasteiger partial charge in [0.2, 0.25) is 0 Å². The normalized spacial score (nSPS) is 17.4. The number of para-hydroxylation sites is 1. The van der Waals surface area contributed by atoms with Crippen LogP contribution < -0.4 is 4.90 Å². The number of hydrogen-bond acceptors (Lipinski definition) is 2. The topological polar surface area (TPSA) is 6.48 Å². The Kier molecular flexibility index (Phi) is 4.37. The van der Waals surface area contributed by atoms with Gasteiger partial charge in [0.25, 0.3) is 0 Å². The minimum atomic E-state index is -0.112. The Morgan fingerprint density at radius 2 is 1.82 bits per heavy atom. The Hall–Kier alpha value is -1.09. The van der Waals surface area contributed by atoms with Crippen LogP contribution in [0.3, 0.4) is 0 Å². The molecule has 2 rings (SSSR count). The zero-order valence-corrected chi connectivity index (χ0v) is 10.2. The highest BCUT2D eigenvalue weighted by atomic mass is 19.1. The van der Waals surface area contributed by atoms with Crippen molar-refractivity contribution in [3.63, 3.8) is 0 Å². The van der Waals surface area contributed by atoms with Gasteiger partial charge in [0, 0.05) is 26.2 Å². The second-order valence-electron chi connectivity index (χ2n) is 4.49. The zero-order valence-electron chi connectivity index (χ0n) is 10.2. The molecule has 93 valence electrons. The van der Waals surface area contributed by atoms with Crippen LogP contribution in [0.4, 0.5) is 10.1 Å². The van der Waals surface area contributed by atoms with Crippen molar-refractivity contribution in [3.05, 3.63) is 37.0 Å². The van der Waals surface area contributed by atoms with Gasteiger partial charge in [-0.2, -0.15) is 0 Å². The summed E-state index contributed by atoms with van der Waals surface area (Å²) in [6.07, 6.45) is 2.15. The third-order valence-corrected chi connectivity index (χ3v) is 3.29. The summed E-state index contributed by atoms with van der Waals surface area (Å²) in [5.74, 6) is -0.112. The fourth-order valence-corrected chi connectivity index (χ4v) is 2.26. The molecular weight excluding hydrogens is 215 g/mol. The molecule has 1 saturated heterocycles. The second kappa shape index (κ2) is 6.01. The van der Waals surface area contributed by atoms with Crippen molar-refractivity contribution in [2.75, 3.05) is 37.6 Å². The highest BCUT2D eigenvalue weighted by Gasteiger charge is 2.18. The minimum Gasteiger partial charge on any atom is -0.367 e. The Morgan fingerprint density at radius 3 is 2.47 bits per heavy atom. The van der Waals surface area contributed by atoms with E-state index in [4.69, 9.17) is 0 Å². The van der Waals surface area contributed by atoms with E-state index in [-0.39, 0.29) is 5.82 Å². The van der Waals surface area contributed by atoms with Gasteiger partial charge in [0.05, 0.1) is 5.69 Å². The van der Waals surface area contributed by atoms with Crippen LogP contribution in [0, 0.1) is 12.7 Å². The van der Waals surface area contributed by atoms with E-state index in [0.717, 1.165) is 51.3 Å². The average molecular weight is 235 g/mol. The smallest absolute Gasteiger partial charge is 0.146 e. The van der Waals surface area contributed by atoms with E-state index < -0.39 is 0 Å². The van der Waals surface area contributed by atoms with E-state index in [1.807, 2.05) is 12.1 Å². The summed E-state index contributed by atoms with van der Waals surface area (Å²) in [4.78, 5) is 4.57. The molecule has 3 heteroatoms. The molecule has 1 aromatic carbocycles. The van der Waals surface area contributed by atoms with Crippen molar-refractivity contribution in [2.45, 2.75) is 12.8 Å². The van der Waals surface area contributed by atoms with Crippen LogP contribution in [0.1, 0.15) is 12.8 Å². The van der Waals surface area contributed by atoms with Crippen LogP contribution in [0.15, 0.2) is 24.3 Å². The summed E-state index contributed by atoms with van der Waals surface area (Å²) >= 11 is 0. The highest BCUT2D eigenvalue weighted by Crippen LogP contribution is 2.20. The number of halogens is 1. The van der Waals surface area contributed by atoms with Gasteiger partial charge in [0.15, 0.2) is 0 Å². The molecule has 0 N–H and O–H groups in total. The summed E-state index contributed by atoms with van der Waals surface area (Å²) in [6, 6.07) is 7.03. The number of benzene rings is 1. The van der Waals surface area contributed by atoms with Crippen LogP contribution >= 0.6 is 0 Å². The molecule has 0 aromatic heterocycles. The number of unbranched alkanes of at least 4 members (excludes halogenated alkanes) is 1. The van der Waals surface area contributed by atoms with Gasteiger partial charge in [-0.05, 0) is 25.1 Å². The summed E-state index contributed by atoms with van der Waals surface area (Å²) < 4.78 is 13.6. The standard InChI is InChI=1S/C14H20FN2/c1-2-3-8-16-9-11-17(12-10-16)14-7-5-4-6-13(14)15/h4-7H,1-3,8-12H2. The van der Waals surface area contributed by atoms with Crippen molar-refractivity contribution >= 4 is 5.69 Å². The lowest BCUT2D eigenvalue weighted by molar-refractivity contribution is 0.255. The first-order chi connectivity index (χ1) is 8.31. The van der Waals surface area contributed by atoms with Gasteiger partial charge in [-0.25, -0.2) is 4.39 Å². The largest absolute Gasteiger partial charge is 0.367 e. The van der Waals surface area contributed by atoms with Crippen LogP contribution in [0.2, 0.25) is 0 Å². The van der Waals surface area contributed by atoms with Gasteiger partial charge >= 0.3 is 0 Å². The fraction of sp³-hybridized carbons (Fsp3) is 0.500. The Balaban J connectivity index is 1.89. The Bertz CT molecular complexity index is 346. The lowest BCUT2D eigenvalue weighted by Crippen LogP contribution is -2.46. The van der Waals surface area contributed by atoms with E-state index in [1.54, 1.807) is 6.07 Å². The van der Waals surface area contributed by atoms with Crippen molar-refractivity contribution < 1.29 is 4.39 Å². The van der Waals surface area contributed by atoms with Crippen LogP contribution in [-0.4, -0.2) is 37.6 Å². The quantitative estimate of drug-likeness (QED) is 0.791. The summed E-state index contributed by atoms with van der Waals surface area (Å²) in [7, 11) is 0. The molecule has 0 bridgehead atoms. The molecule has 0 spiro atoms. The summed E-state index contributed by atoms with van der Waals surface area (Å²) in [5, 5.41) is 0. The first-order valence-corrected chi connectivity index (χ1v) is 6.32. The molecule has 1 heterocycles. The predicted octanol–water partition coefficient (Wildman–Crippen LogP) is 2.56. The molecule has 0 atom stereocenters. The molecule has 1 aliphatic rings. The van der Waals surface area contributed by atoms with Gasteiger partial charge in [-0.1, -0.05) is 25.5 Å². The summed E-state index contributed by atoms with van der Waals surface area (Å²) in [6.45, 7) is 8.85.